The molecule has 0 aliphatic carbocycles. The third-order valence-corrected chi connectivity index (χ3v) is 3.12. The lowest BCUT2D eigenvalue weighted by atomic mass is 10.6. The molecule has 12 nitrogen and oxygen atoms in total. The van der Waals surface area contributed by atoms with E-state index >= 15 is 0 Å². The van der Waals surface area contributed by atoms with Crippen LogP contribution in [-0.2, 0) is 42.7 Å². The third kappa shape index (κ3) is 24.7. The van der Waals surface area contributed by atoms with E-state index in [1.807, 2.05) is 0 Å². The molecule has 0 radical (unpaired) electrons. The maximum absolute atomic E-state index is 11.3. The summed E-state index contributed by atoms with van der Waals surface area (Å²) in [4.78, 5) is 21.5. The second-order valence-electron chi connectivity index (χ2n) is 5.63. The summed E-state index contributed by atoms with van der Waals surface area (Å²) in [5.74, 6) is -1.52. The Hall–Kier alpha value is -1.38. The van der Waals surface area contributed by atoms with E-state index in [1.165, 1.54) is 0 Å². The molecule has 0 spiro atoms. The first-order chi connectivity index (χ1) is 14.7. The predicted molar refractivity (Wildman–Crippen MR) is 103 cm³/mol. The van der Waals surface area contributed by atoms with Gasteiger partial charge in [-0.2, -0.15) is 0 Å². The van der Waals surface area contributed by atoms with Crippen LogP contribution in [0.3, 0.4) is 0 Å². The number of hydrogen-bond donors (Lipinski definition) is 3. The zero-order chi connectivity index (χ0) is 22.1. The zero-order valence-corrected chi connectivity index (χ0v) is 17.4. The first kappa shape index (κ1) is 28.6. The first-order valence-corrected chi connectivity index (χ1v) is 9.80. The maximum atomic E-state index is 11.3. The van der Waals surface area contributed by atoms with Crippen molar-refractivity contribution in [3.8, 4) is 0 Å². The van der Waals surface area contributed by atoms with Gasteiger partial charge in [-0.3, -0.25) is 4.79 Å². The van der Waals surface area contributed by atoms with Crippen LogP contribution in [0, 0.1) is 0 Å². The van der Waals surface area contributed by atoms with Crippen molar-refractivity contribution in [3.63, 3.8) is 0 Å². The van der Waals surface area contributed by atoms with Crippen molar-refractivity contribution in [3.05, 3.63) is 0 Å². The van der Waals surface area contributed by atoms with Crippen LogP contribution in [0.1, 0.15) is 0 Å². The molecule has 0 aromatic heterocycles. The van der Waals surface area contributed by atoms with E-state index in [-0.39, 0.29) is 13.2 Å². The van der Waals surface area contributed by atoms with Gasteiger partial charge in [-0.25, -0.2) is 4.79 Å². The van der Waals surface area contributed by atoms with Crippen molar-refractivity contribution in [1.29, 1.82) is 0 Å². The number of carboxylic acid groups (broad SMARTS) is 1. The van der Waals surface area contributed by atoms with Crippen LogP contribution >= 0.6 is 0 Å². The Morgan fingerprint density at radius 1 is 0.567 bits per heavy atom. The normalized spacial score (nSPS) is 11.0. The van der Waals surface area contributed by atoms with Crippen molar-refractivity contribution in [2.75, 3.05) is 106 Å². The molecule has 0 bridgehead atoms. The second kappa shape index (κ2) is 23.9. The van der Waals surface area contributed by atoms with E-state index in [4.69, 9.17) is 38.6 Å². The smallest absolute Gasteiger partial charge is 0.329 e. The first-order valence-electron chi connectivity index (χ1n) is 9.80. The maximum Gasteiger partial charge on any atom is 0.329 e. The summed E-state index contributed by atoms with van der Waals surface area (Å²) in [6.45, 7) is 4.68. The Kier molecular flexibility index (Phi) is 22.8. The Balaban J connectivity index is 3.09. The average Bonchev–Trinajstić information content (AvgIpc) is 2.72. The fourth-order valence-electron chi connectivity index (χ4n) is 1.81. The standard InChI is InChI=1S/C18H35NO11/c20-2-4-25-6-8-27-10-12-29-14-13-28-11-9-26-7-5-24-3-1-19-17(21)15-30-16-18(22)23/h20H,1-16H2,(H,19,21)(H,22,23). The number of aliphatic hydroxyl groups is 1. The van der Waals surface area contributed by atoms with E-state index in [0.29, 0.717) is 85.8 Å². The third-order valence-electron chi connectivity index (χ3n) is 3.12. The van der Waals surface area contributed by atoms with Gasteiger partial charge in [0.2, 0.25) is 5.91 Å². The molecule has 0 fully saturated rings. The Labute approximate surface area is 176 Å². The van der Waals surface area contributed by atoms with Crippen molar-refractivity contribution in [1.82, 2.24) is 5.32 Å². The quantitative estimate of drug-likeness (QED) is 0.147. The SMILES string of the molecule is O=C(O)COCC(=O)NCCOCCOCCOCCOCCOCCOCCO. The fourth-order valence-corrected chi connectivity index (χ4v) is 1.81. The lowest BCUT2D eigenvalue weighted by molar-refractivity contribution is -0.143. The molecule has 0 unspecified atom stereocenters. The number of carbonyl (C=O) groups excluding carboxylic acids is 1. The van der Waals surface area contributed by atoms with E-state index < -0.39 is 18.5 Å². The van der Waals surface area contributed by atoms with Gasteiger partial charge in [0.1, 0.15) is 13.2 Å². The molecule has 0 aromatic carbocycles. The van der Waals surface area contributed by atoms with E-state index in [0.717, 1.165) is 0 Å². The highest BCUT2D eigenvalue weighted by molar-refractivity contribution is 5.77. The molecular weight excluding hydrogens is 406 g/mol. The van der Waals surface area contributed by atoms with Gasteiger partial charge in [-0.1, -0.05) is 0 Å². The topological polar surface area (TPSA) is 151 Å². The van der Waals surface area contributed by atoms with E-state index in [2.05, 4.69) is 10.1 Å². The van der Waals surface area contributed by atoms with Crippen LogP contribution in [0.15, 0.2) is 0 Å². The zero-order valence-electron chi connectivity index (χ0n) is 17.4. The number of aliphatic carboxylic acids is 1. The van der Waals surface area contributed by atoms with Gasteiger partial charge in [-0.05, 0) is 0 Å². The van der Waals surface area contributed by atoms with Crippen LogP contribution in [0.4, 0.5) is 0 Å². The summed E-state index contributed by atoms with van der Waals surface area (Å²) in [6.07, 6.45) is 0. The van der Waals surface area contributed by atoms with Gasteiger partial charge >= 0.3 is 5.97 Å². The number of rotatable bonds is 24. The van der Waals surface area contributed by atoms with E-state index in [9.17, 15) is 9.59 Å². The number of carboxylic acids is 1. The minimum absolute atomic E-state index is 0.0131. The predicted octanol–water partition coefficient (Wildman–Crippen LogP) is -1.70. The fraction of sp³-hybridized carbons (Fsp3) is 0.889. The Morgan fingerprint density at radius 3 is 1.37 bits per heavy atom. The van der Waals surface area contributed by atoms with Crippen LogP contribution in [0.2, 0.25) is 0 Å². The molecule has 0 heterocycles. The molecule has 0 aliphatic rings. The minimum Gasteiger partial charge on any atom is -0.480 e. The Bertz CT molecular complexity index is 398. The van der Waals surface area contributed by atoms with Crippen LogP contribution in [-0.4, -0.2) is 128 Å². The molecule has 0 atom stereocenters. The van der Waals surface area contributed by atoms with Gasteiger partial charge in [0.25, 0.3) is 0 Å². The summed E-state index contributed by atoms with van der Waals surface area (Å²) < 4.78 is 36.3. The Morgan fingerprint density at radius 2 is 0.967 bits per heavy atom. The summed E-state index contributed by atoms with van der Waals surface area (Å²) in [5.41, 5.74) is 0. The highest BCUT2D eigenvalue weighted by Gasteiger charge is 2.02. The largest absolute Gasteiger partial charge is 0.480 e. The molecule has 0 aliphatic heterocycles. The summed E-state index contributed by atoms with van der Waals surface area (Å²) in [7, 11) is 0. The summed E-state index contributed by atoms with van der Waals surface area (Å²) in [5, 5.41) is 19.4. The number of ether oxygens (including phenoxy) is 7. The van der Waals surface area contributed by atoms with Gasteiger partial charge in [0.15, 0.2) is 0 Å². The lowest BCUT2D eigenvalue weighted by Crippen LogP contribution is -2.31. The minimum atomic E-state index is -1.12. The molecule has 0 saturated carbocycles. The van der Waals surface area contributed by atoms with Crippen LogP contribution in [0.5, 0.6) is 0 Å². The molecule has 1 amide bonds. The molecule has 30 heavy (non-hydrogen) atoms. The molecular formula is C18H35NO11. The van der Waals surface area contributed by atoms with Crippen molar-refractivity contribution >= 4 is 11.9 Å². The molecule has 12 heteroatoms. The summed E-state index contributed by atoms with van der Waals surface area (Å²) >= 11 is 0. The van der Waals surface area contributed by atoms with Crippen LogP contribution < -0.4 is 5.32 Å². The highest BCUT2D eigenvalue weighted by atomic mass is 16.6. The van der Waals surface area contributed by atoms with E-state index in [1.54, 1.807) is 0 Å². The second-order valence-corrected chi connectivity index (χ2v) is 5.63. The number of nitrogens with one attached hydrogen (secondary N) is 1. The molecule has 3 N–H and O–H groups in total. The monoisotopic (exact) mass is 441 g/mol. The van der Waals surface area contributed by atoms with Crippen LogP contribution in [0.25, 0.3) is 0 Å². The van der Waals surface area contributed by atoms with Crippen molar-refractivity contribution in [2.45, 2.75) is 0 Å². The number of aliphatic hydroxyl groups excluding tert-OH is 1. The molecule has 0 rings (SSSR count). The average molecular weight is 441 g/mol. The molecule has 178 valence electrons. The number of amides is 1. The molecule has 0 aromatic rings. The highest BCUT2D eigenvalue weighted by Crippen LogP contribution is 1.84. The van der Waals surface area contributed by atoms with Crippen molar-refractivity contribution < 1.29 is 53.0 Å². The van der Waals surface area contributed by atoms with Crippen molar-refractivity contribution in [2.24, 2.45) is 0 Å². The van der Waals surface area contributed by atoms with Gasteiger partial charge < -0.3 is 48.7 Å². The summed E-state index contributed by atoms with van der Waals surface area (Å²) in [6, 6.07) is 0. The lowest BCUT2D eigenvalue weighted by Gasteiger charge is -2.08. The number of hydrogen-bond acceptors (Lipinski definition) is 10. The number of carbonyl (C=O) groups is 2. The van der Waals surface area contributed by atoms with Gasteiger partial charge in [-0.15, -0.1) is 0 Å². The van der Waals surface area contributed by atoms with Gasteiger partial charge in [0.05, 0.1) is 85.9 Å². The van der Waals surface area contributed by atoms with Gasteiger partial charge in [0, 0.05) is 6.54 Å². The molecule has 0 saturated heterocycles.